The van der Waals surface area contributed by atoms with Crippen LogP contribution in [-0.2, 0) is 4.79 Å². The summed E-state index contributed by atoms with van der Waals surface area (Å²) in [4.78, 5) is 21.6. The number of amides is 1. The van der Waals surface area contributed by atoms with E-state index in [9.17, 15) is 14.9 Å². The first-order chi connectivity index (χ1) is 9.52. The van der Waals surface area contributed by atoms with Crippen LogP contribution in [0, 0.1) is 27.5 Å². The fraction of sp³-hybridized carbons (Fsp3) is 0.250. The van der Waals surface area contributed by atoms with Crippen LogP contribution in [0.3, 0.4) is 0 Å². The quantitative estimate of drug-likeness (QED) is 0.372. The number of nitro groups is 1. The minimum Gasteiger partial charge on any atom is -0.287 e. The Labute approximate surface area is 114 Å². The number of hydrazone groups is 1. The van der Waals surface area contributed by atoms with Gasteiger partial charge in [0.1, 0.15) is 5.69 Å². The molecular weight excluding hydrogens is 262 g/mol. The van der Waals surface area contributed by atoms with Crippen molar-refractivity contribution in [3.63, 3.8) is 0 Å². The summed E-state index contributed by atoms with van der Waals surface area (Å²) in [5.41, 5.74) is 3.40. The number of carbonyl (C=O) groups excluding carboxylic acids is 1. The van der Waals surface area contributed by atoms with Crippen molar-refractivity contribution in [1.29, 1.82) is 5.26 Å². The molecule has 2 rings (SSSR count). The molecule has 0 spiro atoms. The van der Waals surface area contributed by atoms with Gasteiger partial charge in [-0.05, 0) is 6.07 Å². The molecular formula is C12H11N5O3. The van der Waals surface area contributed by atoms with E-state index in [0.717, 1.165) is 0 Å². The summed E-state index contributed by atoms with van der Waals surface area (Å²) in [6, 6.07) is 4.41. The monoisotopic (exact) mass is 273 g/mol. The normalized spacial score (nSPS) is 17.7. The summed E-state index contributed by atoms with van der Waals surface area (Å²) in [6.45, 7) is 1.82. The Bertz CT molecular complexity index is 647. The predicted molar refractivity (Wildman–Crippen MR) is 70.8 cm³/mol. The lowest BCUT2D eigenvalue weighted by atomic mass is 9.93. The molecule has 1 aromatic carbocycles. The van der Waals surface area contributed by atoms with Crippen LogP contribution >= 0.6 is 0 Å². The molecule has 8 nitrogen and oxygen atoms in total. The Morgan fingerprint density at radius 2 is 2.35 bits per heavy atom. The molecule has 1 heterocycles. The second kappa shape index (κ2) is 5.36. The number of nitrogens with one attached hydrogen (secondary N) is 2. The van der Waals surface area contributed by atoms with Gasteiger partial charge in [0.25, 0.3) is 5.69 Å². The molecule has 1 amide bonds. The molecule has 1 aromatic rings. The SMILES string of the molecule is CC1CC(=O)NN=C1c1ccc(NC#N)c([N+](=O)[O-])c1. The van der Waals surface area contributed by atoms with Gasteiger partial charge in [-0.3, -0.25) is 20.2 Å². The van der Waals surface area contributed by atoms with Crippen molar-refractivity contribution >= 4 is 23.0 Å². The summed E-state index contributed by atoms with van der Waals surface area (Å²) < 4.78 is 0. The van der Waals surface area contributed by atoms with Gasteiger partial charge in [-0.25, -0.2) is 5.43 Å². The standard InChI is InChI=1S/C12H11N5O3/c1-7-4-11(18)15-16-12(7)8-2-3-9(14-6-13)10(5-8)17(19)20/h2-3,5,7,14H,4H2,1H3,(H,15,18). The van der Waals surface area contributed by atoms with Crippen molar-refractivity contribution in [3.05, 3.63) is 33.9 Å². The zero-order valence-electron chi connectivity index (χ0n) is 10.6. The van der Waals surface area contributed by atoms with Crippen LogP contribution in [0.2, 0.25) is 0 Å². The molecule has 0 aromatic heterocycles. The molecule has 2 N–H and O–H groups in total. The van der Waals surface area contributed by atoms with E-state index < -0.39 is 4.92 Å². The smallest absolute Gasteiger partial charge is 0.287 e. The van der Waals surface area contributed by atoms with Crippen LogP contribution in [0.5, 0.6) is 0 Å². The third kappa shape index (κ3) is 2.56. The van der Waals surface area contributed by atoms with Gasteiger partial charge in [0.2, 0.25) is 5.91 Å². The Balaban J connectivity index is 2.44. The second-order valence-corrected chi connectivity index (χ2v) is 4.36. The number of anilines is 1. The zero-order chi connectivity index (χ0) is 14.7. The lowest BCUT2D eigenvalue weighted by molar-refractivity contribution is -0.383. The molecule has 0 saturated heterocycles. The van der Waals surface area contributed by atoms with Crippen molar-refractivity contribution in [1.82, 2.24) is 5.43 Å². The van der Waals surface area contributed by atoms with E-state index in [2.05, 4.69) is 15.8 Å². The summed E-state index contributed by atoms with van der Waals surface area (Å²) in [5, 5.41) is 25.8. The van der Waals surface area contributed by atoms with Crippen LogP contribution in [0.1, 0.15) is 18.9 Å². The van der Waals surface area contributed by atoms with E-state index in [1.807, 2.05) is 6.92 Å². The van der Waals surface area contributed by atoms with Crippen LogP contribution < -0.4 is 10.7 Å². The summed E-state index contributed by atoms with van der Waals surface area (Å²) in [5.74, 6) is -0.309. The molecule has 0 fully saturated rings. The van der Waals surface area contributed by atoms with Gasteiger partial charge in [0.05, 0.1) is 10.6 Å². The minimum atomic E-state index is -0.574. The fourth-order valence-electron chi connectivity index (χ4n) is 2.01. The maximum atomic E-state index is 11.2. The average Bonchev–Trinajstić information content (AvgIpc) is 2.39. The van der Waals surface area contributed by atoms with E-state index >= 15 is 0 Å². The third-order valence-electron chi connectivity index (χ3n) is 2.94. The molecule has 20 heavy (non-hydrogen) atoms. The molecule has 0 bridgehead atoms. The summed E-state index contributed by atoms with van der Waals surface area (Å²) in [6.07, 6.45) is 1.93. The zero-order valence-corrected chi connectivity index (χ0v) is 10.6. The predicted octanol–water partition coefficient (Wildman–Crippen LogP) is 1.35. The first kappa shape index (κ1) is 13.5. The van der Waals surface area contributed by atoms with E-state index in [1.165, 1.54) is 12.1 Å². The fourth-order valence-corrected chi connectivity index (χ4v) is 2.01. The Morgan fingerprint density at radius 1 is 1.60 bits per heavy atom. The molecule has 1 aliphatic rings. The van der Waals surface area contributed by atoms with Crippen molar-refractivity contribution in [2.45, 2.75) is 13.3 Å². The topological polar surface area (TPSA) is 120 Å². The maximum absolute atomic E-state index is 11.2. The number of nitro benzene ring substituents is 1. The number of benzene rings is 1. The number of carbonyl (C=O) groups is 1. The maximum Gasteiger partial charge on any atom is 0.293 e. The number of nitriles is 1. The van der Waals surface area contributed by atoms with Gasteiger partial charge in [-0.15, -0.1) is 0 Å². The van der Waals surface area contributed by atoms with E-state index in [-0.39, 0.29) is 29.6 Å². The Morgan fingerprint density at radius 3 is 2.95 bits per heavy atom. The van der Waals surface area contributed by atoms with Gasteiger partial charge in [0, 0.05) is 24.0 Å². The van der Waals surface area contributed by atoms with Crippen molar-refractivity contribution in [2.75, 3.05) is 5.32 Å². The van der Waals surface area contributed by atoms with Gasteiger partial charge in [0.15, 0.2) is 6.19 Å². The largest absolute Gasteiger partial charge is 0.293 e. The van der Waals surface area contributed by atoms with Crippen molar-refractivity contribution in [3.8, 4) is 6.19 Å². The molecule has 1 unspecified atom stereocenters. The number of rotatable bonds is 3. The molecule has 1 aliphatic heterocycles. The lowest BCUT2D eigenvalue weighted by Gasteiger charge is -2.19. The van der Waals surface area contributed by atoms with E-state index in [4.69, 9.17) is 5.26 Å². The van der Waals surface area contributed by atoms with Gasteiger partial charge in [-0.2, -0.15) is 10.4 Å². The van der Waals surface area contributed by atoms with Gasteiger partial charge < -0.3 is 0 Å². The van der Waals surface area contributed by atoms with Gasteiger partial charge >= 0.3 is 0 Å². The Hall–Kier alpha value is -2.95. The van der Waals surface area contributed by atoms with Crippen LogP contribution in [0.4, 0.5) is 11.4 Å². The third-order valence-corrected chi connectivity index (χ3v) is 2.94. The molecule has 0 radical (unpaired) electrons. The van der Waals surface area contributed by atoms with Crippen molar-refractivity contribution in [2.24, 2.45) is 11.0 Å². The molecule has 102 valence electrons. The number of hydrogen-bond donors (Lipinski definition) is 2. The first-order valence-corrected chi connectivity index (χ1v) is 5.83. The van der Waals surface area contributed by atoms with Gasteiger partial charge in [-0.1, -0.05) is 13.0 Å². The van der Waals surface area contributed by atoms with Crippen molar-refractivity contribution < 1.29 is 9.72 Å². The highest BCUT2D eigenvalue weighted by molar-refractivity contribution is 6.06. The van der Waals surface area contributed by atoms with E-state index in [1.54, 1.807) is 12.3 Å². The number of nitrogens with zero attached hydrogens (tertiary/aromatic N) is 3. The van der Waals surface area contributed by atoms with Crippen LogP contribution in [-0.4, -0.2) is 16.5 Å². The number of hydrogen-bond acceptors (Lipinski definition) is 6. The molecule has 1 atom stereocenters. The minimum absolute atomic E-state index is 0.120. The molecule has 0 saturated carbocycles. The highest BCUT2D eigenvalue weighted by Gasteiger charge is 2.24. The van der Waals surface area contributed by atoms with Crippen LogP contribution in [0.25, 0.3) is 0 Å². The second-order valence-electron chi connectivity index (χ2n) is 4.36. The summed E-state index contributed by atoms with van der Waals surface area (Å²) in [7, 11) is 0. The van der Waals surface area contributed by atoms with Crippen LogP contribution in [0.15, 0.2) is 23.3 Å². The average molecular weight is 273 g/mol. The molecule has 0 aliphatic carbocycles. The lowest BCUT2D eigenvalue weighted by Crippen LogP contribution is -2.31. The van der Waals surface area contributed by atoms with E-state index in [0.29, 0.717) is 11.3 Å². The highest BCUT2D eigenvalue weighted by atomic mass is 16.6. The Kier molecular flexibility index (Phi) is 3.61. The highest BCUT2D eigenvalue weighted by Crippen LogP contribution is 2.27. The summed E-state index contributed by atoms with van der Waals surface area (Å²) >= 11 is 0. The molecule has 8 heteroatoms. The first-order valence-electron chi connectivity index (χ1n) is 5.83.